The van der Waals surface area contributed by atoms with Crippen molar-refractivity contribution in [1.29, 1.82) is 0 Å². The van der Waals surface area contributed by atoms with Crippen LogP contribution in [0.4, 0.5) is 5.69 Å². The van der Waals surface area contributed by atoms with Gasteiger partial charge in [-0.3, -0.25) is 14.9 Å². The monoisotopic (exact) mass is 410 g/mol. The quantitative estimate of drug-likeness (QED) is 0.536. The van der Waals surface area contributed by atoms with Crippen molar-refractivity contribution < 1.29 is 19.6 Å². The number of carbonyl (C=O) groups is 1. The number of phenolic OH excluding ortho intramolecular Hbond substituents is 1. The summed E-state index contributed by atoms with van der Waals surface area (Å²) in [6.45, 7) is 1.79. The van der Waals surface area contributed by atoms with Gasteiger partial charge in [-0.05, 0) is 62.8 Å². The van der Waals surface area contributed by atoms with Crippen molar-refractivity contribution in [2.24, 2.45) is 0 Å². The Kier molecular flexibility index (Phi) is 5.61. The molecule has 1 fully saturated rings. The van der Waals surface area contributed by atoms with E-state index in [1.54, 1.807) is 19.1 Å². The number of nitro benzene ring substituents is 1. The fourth-order valence-electron chi connectivity index (χ4n) is 4.57. The number of fused-ring (bicyclic) bond motifs is 1. The van der Waals surface area contributed by atoms with Crippen LogP contribution in [-0.4, -0.2) is 22.0 Å². The van der Waals surface area contributed by atoms with Gasteiger partial charge < -0.3 is 15.2 Å². The number of phenols is 1. The average Bonchev–Trinajstić information content (AvgIpc) is 3.21. The number of hydrogen-bond donors (Lipinski definition) is 2. The molecule has 0 aliphatic heterocycles. The molecule has 2 aliphatic rings. The van der Waals surface area contributed by atoms with Gasteiger partial charge in [0.1, 0.15) is 17.2 Å². The van der Waals surface area contributed by atoms with E-state index in [1.165, 1.54) is 18.6 Å². The topological polar surface area (TPSA) is 102 Å². The number of aryl methyl sites for hydroxylation is 1. The van der Waals surface area contributed by atoms with Gasteiger partial charge in [0.2, 0.25) is 0 Å². The minimum Gasteiger partial charge on any atom is -0.507 e. The second-order valence-electron chi connectivity index (χ2n) is 8.20. The van der Waals surface area contributed by atoms with E-state index in [-0.39, 0.29) is 33.9 Å². The highest BCUT2D eigenvalue weighted by Crippen LogP contribution is 2.41. The number of carbonyl (C=O) groups excluding carboxylic acids is 1. The smallest absolute Gasteiger partial charge is 0.273 e. The highest BCUT2D eigenvalue weighted by atomic mass is 16.6. The Bertz CT molecular complexity index is 996. The molecule has 0 heterocycles. The molecule has 30 heavy (non-hydrogen) atoms. The first-order chi connectivity index (χ1) is 14.4. The molecular weight excluding hydrogens is 384 g/mol. The van der Waals surface area contributed by atoms with E-state index in [9.17, 15) is 20.0 Å². The van der Waals surface area contributed by atoms with E-state index in [1.807, 2.05) is 0 Å². The van der Waals surface area contributed by atoms with E-state index in [4.69, 9.17) is 4.74 Å². The lowest BCUT2D eigenvalue weighted by atomic mass is 9.95. The minimum atomic E-state index is -0.338. The fraction of sp³-hybridized carbons (Fsp3) is 0.435. The molecule has 7 heteroatoms. The molecule has 7 nitrogen and oxygen atoms in total. The zero-order chi connectivity index (χ0) is 21.3. The predicted octanol–water partition coefficient (Wildman–Crippen LogP) is 4.95. The number of aromatic hydroxyl groups is 1. The van der Waals surface area contributed by atoms with E-state index in [0.717, 1.165) is 49.7 Å². The third-order valence-corrected chi connectivity index (χ3v) is 6.08. The van der Waals surface area contributed by atoms with Gasteiger partial charge >= 0.3 is 0 Å². The van der Waals surface area contributed by atoms with Gasteiger partial charge in [0, 0.05) is 23.2 Å². The van der Waals surface area contributed by atoms with Crippen molar-refractivity contribution >= 4 is 11.6 Å². The van der Waals surface area contributed by atoms with Gasteiger partial charge in [-0.2, -0.15) is 0 Å². The van der Waals surface area contributed by atoms with Crippen LogP contribution in [0.2, 0.25) is 0 Å². The zero-order valence-corrected chi connectivity index (χ0v) is 17.1. The number of nitro groups is 1. The van der Waals surface area contributed by atoms with Crippen LogP contribution in [0.3, 0.4) is 0 Å². The molecule has 0 spiro atoms. The number of benzene rings is 2. The molecule has 2 N–H and O–H groups in total. The first-order valence-corrected chi connectivity index (χ1v) is 10.6. The van der Waals surface area contributed by atoms with E-state index < -0.39 is 0 Å². The summed E-state index contributed by atoms with van der Waals surface area (Å²) in [6.07, 6.45) is 7.54. The minimum absolute atomic E-state index is 0.0960. The maximum Gasteiger partial charge on any atom is 0.273 e. The molecule has 158 valence electrons. The van der Waals surface area contributed by atoms with Crippen LogP contribution in [0.1, 0.15) is 65.6 Å². The van der Waals surface area contributed by atoms with Crippen LogP contribution in [0.5, 0.6) is 17.2 Å². The molecule has 0 aromatic heterocycles. The van der Waals surface area contributed by atoms with Crippen LogP contribution < -0.4 is 10.1 Å². The SMILES string of the molecule is Cc1cc([N+](=O)[O-])c2c(c1Oc1ccc(O)c(C(=O)NC3CCCCC3)c1)CCC2. The van der Waals surface area contributed by atoms with Crippen molar-refractivity contribution in [3.8, 4) is 17.2 Å². The summed E-state index contributed by atoms with van der Waals surface area (Å²) in [6, 6.07) is 6.28. The fourth-order valence-corrected chi connectivity index (χ4v) is 4.57. The number of amides is 1. The number of rotatable bonds is 5. The van der Waals surface area contributed by atoms with E-state index in [0.29, 0.717) is 23.5 Å². The molecule has 4 rings (SSSR count). The number of ether oxygens (including phenoxy) is 1. The maximum atomic E-state index is 12.7. The lowest BCUT2D eigenvalue weighted by Crippen LogP contribution is -2.36. The first kappa shape index (κ1) is 20.2. The van der Waals surface area contributed by atoms with Gasteiger partial charge in [-0.25, -0.2) is 0 Å². The maximum absolute atomic E-state index is 12.7. The van der Waals surface area contributed by atoms with Crippen LogP contribution in [0.15, 0.2) is 24.3 Å². The van der Waals surface area contributed by atoms with Crippen LogP contribution >= 0.6 is 0 Å². The molecule has 2 aliphatic carbocycles. The average molecular weight is 410 g/mol. The molecule has 0 bridgehead atoms. The van der Waals surface area contributed by atoms with Gasteiger partial charge in [0.15, 0.2) is 0 Å². The Morgan fingerprint density at radius 1 is 1.13 bits per heavy atom. The normalized spacial score (nSPS) is 16.2. The summed E-state index contributed by atoms with van der Waals surface area (Å²) < 4.78 is 6.11. The van der Waals surface area contributed by atoms with Crippen molar-refractivity contribution in [2.45, 2.75) is 64.3 Å². The second kappa shape index (κ2) is 8.34. The largest absolute Gasteiger partial charge is 0.507 e. The van der Waals surface area contributed by atoms with Crippen LogP contribution in [-0.2, 0) is 12.8 Å². The van der Waals surface area contributed by atoms with Gasteiger partial charge in [0.25, 0.3) is 11.6 Å². The highest BCUT2D eigenvalue weighted by molar-refractivity contribution is 5.97. The van der Waals surface area contributed by atoms with Crippen molar-refractivity contribution in [3.63, 3.8) is 0 Å². The summed E-state index contributed by atoms with van der Waals surface area (Å²) in [5.74, 6) is 0.627. The lowest BCUT2D eigenvalue weighted by molar-refractivity contribution is -0.385. The van der Waals surface area contributed by atoms with Gasteiger partial charge in [-0.15, -0.1) is 0 Å². The molecule has 0 saturated heterocycles. The lowest BCUT2D eigenvalue weighted by Gasteiger charge is -2.23. The third-order valence-electron chi connectivity index (χ3n) is 6.08. The summed E-state index contributed by atoms with van der Waals surface area (Å²) in [4.78, 5) is 23.8. The van der Waals surface area contributed by atoms with Gasteiger partial charge in [-0.1, -0.05) is 19.3 Å². The molecule has 1 saturated carbocycles. The number of nitrogens with zero attached hydrogens (tertiary/aromatic N) is 1. The molecular formula is C23H26N2O5. The Hall–Kier alpha value is -3.09. The Morgan fingerprint density at radius 3 is 2.60 bits per heavy atom. The van der Waals surface area contributed by atoms with Crippen molar-refractivity contribution in [2.75, 3.05) is 0 Å². The summed E-state index contributed by atoms with van der Waals surface area (Å²) in [5.41, 5.74) is 2.60. The van der Waals surface area contributed by atoms with E-state index >= 15 is 0 Å². The van der Waals surface area contributed by atoms with Crippen molar-refractivity contribution in [1.82, 2.24) is 5.32 Å². The molecule has 2 aromatic rings. The molecule has 0 atom stereocenters. The van der Waals surface area contributed by atoms with Crippen LogP contribution in [0, 0.1) is 17.0 Å². The number of hydrogen-bond acceptors (Lipinski definition) is 5. The van der Waals surface area contributed by atoms with E-state index in [2.05, 4.69) is 5.32 Å². The Morgan fingerprint density at radius 2 is 1.87 bits per heavy atom. The standard InChI is InChI=1S/C23H26N2O5/c1-14-12-20(25(28)29)17-8-5-9-18(17)22(14)30-16-10-11-21(26)19(13-16)23(27)24-15-6-3-2-4-7-15/h10-13,15,26H,2-9H2,1H3,(H,24,27). The summed E-state index contributed by atoms with van der Waals surface area (Å²) in [5, 5.41) is 24.6. The predicted molar refractivity (Wildman–Crippen MR) is 112 cm³/mol. The molecule has 0 radical (unpaired) electrons. The van der Waals surface area contributed by atoms with Gasteiger partial charge in [0.05, 0.1) is 10.5 Å². The second-order valence-corrected chi connectivity index (χ2v) is 8.20. The molecule has 0 unspecified atom stereocenters. The Labute approximate surface area is 175 Å². The summed E-state index contributed by atoms with van der Waals surface area (Å²) in [7, 11) is 0. The Balaban J connectivity index is 1.60. The first-order valence-electron chi connectivity index (χ1n) is 10.6. The zero-order valence-electron chi connectivity index (χ0n) is 17.1. The van der Waals surface area contributed by atoms with Crippen LogP contribution in [0.25, 0.3) is 0 Å². The number of nitrogens with one attached hydrogen (secondary N) is 1. The third kappa shape index (κ3) is 3.97. The molecule has 2 aromatic carbocycles. The summed E-state index contributed by atoms with van der Waals surface area (Å²) >= 11 is 0. The highest BCUT2D eigenvalue weighted by Gasteiger charge is 2.28. The molecule has 1 amide bonds. The van der Waals surface area contributed by atoms with Crippen molar-refractivity contribution in [3.05, 3.63) is 56.6 Å².